The first-order chi connectivity index (χ1) is 8.63. The second-order valence-corrected chi connectivity index (χ2v) is 4.64. The van der Waals surface area contributed by atoms with Gasteiger partial charge in [-0.15, -0.1) is 0 Å². The zero-order valence-electron chi connectivity index (χ0n) is 10.3. The molecule has 0 aliphatic carbocycles. The van der Waals surface area contributed by atoms with Crippen molar-refractivity contribution in [3.63, 3.8) is 0 Å². The van der Waals surface area contributed by atoms with Crippen molar-refractivity contribution in [3.05, 3.63) is 24.0 Å². The highest BCUT2D eigenvalue weighted by Crippen LogP contribution is 2.25. The molecule has 1 aromatic rings. The van der Waals surface area contributed by atoms with E-state index in [-0.39, 0.29) is 11.9 Å². The van der Waals surface area contributed by atoms with E-state index in [1.807, 2.05) is 17.9 Å². The molecule has 98 valence electrons. The number of nitrogens with zero attached hydrogens (tertiary/aromatic N) is 3. The molecule has 2 rings (SSSR count). The van der Waals surface area contributed by atoms with Crippen LogP contribution in [0.15, 0.2) is 23.5 Å². The SMILES string of the molecule is CC1CCN(c2cccnc2/C(N)=N/O)CC1O. The van der Waals surface area contributed by atoms with Crippen molar-refractivity contribution in [3.8, 4) is 0 Å². The molecular weight excluding hydrogens is 232 g/mol. The molecule has 6 nitrogen and oxygen atoms in total. The second-order valence-electron chi connectivity index (χ2n) is 4.64. The summed E-state index contributed by atoms with van der Waals surface area (Å²) in [6.45, 7) is 3.41. The van der Waals surface area contributed by atoms with E-state index in [4.69, 9.17) is 10.9 Å². The summed E-state index contributed by atoms with van der Waals surface area (Å²) >= 11 is 0. The van der Waals surface area contributed by atoms with Crippen LogP contribution in [0.5, 0.6) is 0 Å². The Balaban J connectivity index is 2.28. The van der Waals surface area contributed by atoms with Gasteiger partial charge in [-0.1, -0.05) is 12.1 Å². The smallest absolute Gasteiger partial charge is 0.190 e. The molecule has 0 bridgehead atoms. The number of hydrogen-bond acceptors (Lipinski definition) is 5. The van der Waals surface area contributed by atoms with Crippen molar-refractivity contribution >= 4 is 11.5 Å². The molecule has 1 saturated heterocycles. The summed E-state index contributed by atoms with van der Waals surface area (Å²) in [4.78, 5) is 6.15. The van der Waals surface area contributed by atoms with Crippen LogP contribution in [0.4, 0.5) is 5.69 Å². The number of oxime groups is 1. The van der Waals surface area contributed by atoms with Gasteiger partial charge in [-0.25, -0.2) is 0 Å². The Morgan fingerprint density at radius 2 is 2.39 bits per heavy atom. The molecule has 2 heterocycles. The van der Waals surface area contributed by atoms with Crippen LogP contribution in [-0.4, -0.2) is 40.3 Å². The van der Waals surface area contributed by atoms with Crippen LogP contribution in [0.25, 0.3) is 0 Å². The topological polar surface area (TPSA) is 95.0 Å². The number of pyridine rings is 1. The third-order valence-electron chi connectivity index (χ3n) is 3.40. The number of amidine groups is 1. The van der Waals surface area contributed by atoms with E-state index in [1.165, 1.54) is 0 Å². The van der Waals surface area contributed by atoms with Gasteiger partial charge in [-0.2, -0.15) is 0 Å². The van der Waals surface area contributed by atoms with Crippen molar-refractivity contribution in [1.29, 1.82) is 0 Å². The average Bonchev–Trinajstić information content (AvgIpc) is 2.41. The van der Waals surface area contributed by atoms with Crippen molar-refractivity contribution in [2.75, 3.05) is 18.0 Å². The van der Waals surface area contributed by atoms with Gasteiger partial charge in [-0.3, -0.25) is 4.98 Å². The summed E-state index contributed by atoms with van der Waals surface area (Å²) in [5, 5.41) is 21.7. The molecule has 2 unspecified atom stereocenters. The van der Waals surface area contributed by atoms with E-state index in [1.54, 1.807) is 12.3 Å². The van der Waals surface area contributed by atoms with Gasteiger partial charge >= 0.3 is 0 Å². The first-order valence-corrected chi connectivity index (χ1v) is 5.99. The number of anilines is 1. The van der Waals surface area contributed by atoms with Crippen LogP contribution in [-0.2, 0) is 0 Å². The molecule has 0 radical (unpaired) electrons. The number of rotatable bonds is 2. The summed E-state index contributed by atoms with van der Waals surface area (Å²) in [6.07, 6.45) is 2.14. The maximum Gasteiger partial charge on any atom is 0.190 e. The third-order valence-corrected chi connectivity index (χ3v) is 3.40. The summed E-state index contributed by atoms with van der Waals surface area (Å²) < 4.78 is 0. The Kier molecular flexibility index (Phi) is 3.66. The predicted octanol–water partition coefficient (Wildman–Crippen LogP) is 0.383. The predicted molar refractivity (Wildman–Crippen MR) is 68.7 cm³/mol. The Hall–Kier alpha value is -1.82. The number of aromatic nitrogens is 1. The van der Waals surface area contributed by atoms with E-state index in [2.05, 4.69) is 10.1 Å². The maximum atomic E-state index is 9.92. The van der Waals surface area contributed by atoms with Gasteiger partial charge < -0.3 is 20.9 Å². The lowest BCUT2D eigenvalue weighted by Crippen LogP contribution is -2.43. The van der Waals surface area contributed by atoms with E-state index in [9.17, 15) is 5.11 Å². The lowest BCUT2D eigenvalue weighted by atomic mass is 9.95. The quantitative estimate of drug-likeness (QED) is 0.305. The lowest BCUT2D eigenvalue weighted by molar-refractivity contribution is 0.103. The molecule has 2 atom stereocenters. The van der Waals surface area contributed by atoms with Gasteiger partial charge in [-0.05, 0) is 24.5 Å². The number of aliphatic hydroxyl groups excluding tert-OH is 1. The van der Waals surface area contributed by atoms with E-state index < -0.39 is 0 Å². The Labute approximate surface area is 106 Å². The monoisotopic (exact) mass is 250 g/mol. The fraction of sp³-hybridized carbons (Fsp3) is 0.500. The third kappa shape index (κ3) is 2.38. The zero-order chi connectivity index (χ0) is 13.1. The minimum atomic E-state index is -0.362. The minimum absolute atomic E-state index is 0.0151. The highest BCUT2D eigenvalue weighted by Gasteiger charge is 2.26. The van der Waals surface area contributed by atoms with Crippen molar-refractivity contribution in [1.82, 2.24) is 4.98 Å². The molecule has 1 aromatic heterocycles. The Bertz CT molecular complexity index is 449. The number of hydrogen-bond donors (Lipinski definition) is 3. The van der Waals surface area contributed by atoms with Crippen molar-refractivity contribution in [2.45, 2.75) is 19.4 Å². The fourth-order valence-electron chi connectivity index (χ4n) is 2.16. The highest BCUT2D eigenvalue weighted by molar-refractivity contribution is 6.00. The minimum Gasteiger partial charge on any atom is -0.409 e. The molecule has 4 N–H and O–H groups in total. The summed E-state index contributed by atoms with van der Waals surface area (Å²) in [5.41, 5.74) is 6.85. The summed E-state index contributed by atoms with van der Waals surface area (Å²) in [5.74, 6) is 0.281. The molecule has 1 fully saturated rings. The van der Waals surface area contributed by atoms with Gasteiger partial charge in [0, 0.05) is 19.3 Å². The van der Waals surface area contributed by atoms with Crippen molar-refractivity contribution in [2.24, 2.45) is 16.8 Å². The van der Waals surface area contributed by atoms with Crippen LogP contribution < -0.4 is 10.6 Å². The van der Waals surface area contributed by atoms with Crippen molar-refractivity contribution < 1.29 is 10.3 Å². The maximum absolute atomic E-state index is 9.92. The second kappa shape index (κ2) is 5.22. The van der Waals surface area contributed by atoms with Crippen LogP contribution in [0.3, 0.4) is 0 Å². The molecule has 1 aliphatic rings. The molecule has 0 aromatic carbocycles. The van der Waals surface area contributed by atoms with E-state index >= 15 is 0 Å². The van der Waals surface area contributed by atoms with Gasteiger partial charge in [0.15, 0.2) is 5.84 Å². The molecule has 6 heteroatoms. The van der Waals surface area contributed by atoms with Gasteiger partial charge in [0.05, 0.1) is 11.8 Å². The van der Waals surface area contributed by atoms with Crippen LogP contribution >= 0.6 is 0 Å². The lowest BCUT2D eigenvalue weighted by Gasteiger charge is -2.36. The zero-order valence-corrected chi connectivity index (χ0v) is 10.3. The van der Waals surface area contributed by atoms with E-state index in [0.29, 0.717) is 18.2 Å². The van der Waals surface area contributed by atoms with Gasteiger partial charge in [0.25, 0.3) is 0 Å². The number of aliphatic hydroxyl groups is 1. The number of piperidine rings is 1. The number of β-amino-alcohol motifs (C(OH)–C–C–N with tert-alkyl or cyclic N) is 1. The molecule has 0 saturated carbocycles. The summed E-state index contributed by atoms with van der Waals surface area (Å²) in [6, 6.07) is 3.66. The van der Waals surface area contributed by atoms with Crippen LogP contribution in [0.2, 0.25) is 0 Å². The number of nitrogens with two attached hydrogens (primary N) is 1. The highest BCUT2D eigenvalue weighted by atomic mass is 16.4. The fourth-order valence-corrected chi connectivity index (χ4v) is 2.16. The Morgan fingerprint density at radius 1 is 1.61 bits per heavy atom. The Morgan fingerprint density at radius 3 is 3.06 bits per heavy atom. The van der Waals surface area contributed by atoms with Crippen LogP contribution in [0, 0.1) is 5.92 Å². The van der Waals surface area contributed by atoms with Gasteiger partial charge in [0.1, 0.15) is 5.69 Å². The summed E-state index contributed by atoms with van der Waals surface area (Å²) in [7, 11) is 0. The molecule has 1 aliphatic heterocycles. The normalized spacial score (nSPS) is 25.2. The van der Waals surface area contributed by atoms with E-state index in [0.717, 1.165) is 18.7 Å². The first-order valence-electron chi connectivity index (χ1n) is 5.99. The average molecular weight is 250 g/mol. The molecule has 0 amide bonds. The molecular formula is C12H18N4O2. The molecule has 18 heavy (non-hydrogen) atoms. The molecule has 0 spiro atoms. The van der Waals surface area contributed by atoms with Gasteiger partial charge in [0.2, 0.25) is 0 Å². The first kappa shape index (κ1) is 12.6. The van der Waals surface area contributed by atoms with Crippen LogP contribution in [0.1, 0.15) is 19.0 Å². The standard InChI is InChI=1S/C12H18N4O2/c1-8-4-6-16(7-10(8)17)9-3-2-5-14-11(9)12(13)15-18/h2-3,5,8,10,17-18H,4,6-7H2,1H3,(H2,13,15). The largest absolute Gasteiger partial charge is 0.409 e.